The molecule has 0 N–H and O–H groups in total. The molecular weight excluding hydrogens is 138 g/mol. The molecule has 1 rings (SSSR count). The van der Waals surface area contributed by atoms with Gasteiger partial charge >= 0.3 is 6.41 Å². The largest absolute Gasteiger partial charge is 0.331 e. The summed E-state index contributed by atoms with van der Waals surface area (Å²) in [6.45, 7) is 2.98. The molecule has 1 saturated carbocycles. The highest BCUT2D eigenvalue weighted by Crippen LogP contribution is 2.22. The summed E-state index contributed by atoms with van der Waals surface area (Å²) >= 11 is 0. The highest BCUT2D eigenvalue weighted by Gasteiger charge is 2.20. The first kappa shape index (κ1) is 8.57. The van der Waals surface area contributed by atoms with Crippen LogP contribution in [0, 0.1) is 0 Å². The summed E-state index contributed by atoms with van der Waals surface area (Å²) in [5, 5.41) is 0. The zero-order valence-corrected chi connectivity index (χ0v) is 7.18. The second kappa shape index (κ2) is 4.37. The lowest BCUT2D eigenvalue weighted by Gasteiger charge is -2.22. The van der Waals surface area contributed by atoms with E-state index in [-0.39, 0.29) is 0 Å². The molecule has 0 atom stereocenters. The fourth-order valence-electron chi connectivity index (χ4n) is 1.76. The first-order valence-electron chi connectivity index (χ1n) is 4.53. The summed E-state index contributed by atoms with van der Waals surface area (Å²) in [4.78, 5) is 12.3. The highest BCUT2D eigenvalue weighted by atomic mass is 16.1. The van der Waals surface area contributed by atoms with Gasteiger partial charge in [0.2, 0.25) is 0 Å². The standard InChI is InChI=1S/C9H16NO/c1-2-7-10(8-11)9-5-3-4-6-9/h9H,2-7H2,1H3. The summed E-state index contributed by atoms with van der Waals surface area (Å²) in [6, 6.07) is 0.507. The van der Waals surface area contributed by atoms with Crippen LogP contribution in [-0.4, -0.2) is 23.9 Å². The zero-order valence-electron chi connectivity index (χ0n) is 7.18. The minimum Gasteiger partial charge on any atom is -0.331 e. The van der Waals surface area contributed by atoms with Gasteiger partial charge in [-0.2, -0.15) is 0 Å². The molecule has 0 aromatic carbocycles. The summed E-state index contributed by atoms with van der Waals surface area (Å²) < 4.78 is 0. The molecule has 0 aromatic rings. The number of hydrogen-bond donors (Lipinski definition) is 0. The minimum atomic E-state index is 0.507. The van der Waals surface area contributed by atoms with E-state index in [0.29, 0.717) is 6.04 Å². The predicted molar refractivity (Wildman–Crippen MR) is 44.9 cm³/mol. The molecular formula is C9H16NO. The third-order valence-corrected chi connectivity index (χ3v) is 2.35. The summed E-state index contributed by atoms with van der Waals surface area (Å²) in [5.74, 6) is 0. The quantitative estimate of drug-likeness (QED) is 0.564. The number of rotatable bonds is 4. The Balaban J connectivity index is 2.33. The summed E-state index contributed by atoms with van der Waals surface area (Å²) in [6.07, 6.45) is 8.02. The molecule has 1 aliphatic rings. The molecule has 63 valence electrons. The Labute approximate surface area is 68.6 Å². The predicted octanol–water partition coefficient (Wildman–Crippen LogP) is 1.71. The maximum absolute atomic E-state index is 10.5. The van der Waals surface area contributed by atoms with Gasteiger partial charge in [0.15, 0.2) is 0 Å². The highest BCUT2D eigenvalue weighted by molar-refractivity contribution is 5.48. The van der Waals surface area contributed by atoms with Gasteiger partial charge in [-0.05, 0) is 19.3 Å². The molecule has 0 aliphatic heterocycles. The molecule has 1 fully saturated rings. The van der Waals surface area contributed by atoms with E-state index in [0.717, 1.165) is 13.0 Å². The molecule has 11 heavy (non-hydrogen) atoms. The van der Waals surface area contributed by atoms with Crippen LogP contribution < -0.4 is 0 Å². The van der Waals surface area contributed by atoms with Gasteiger partial charge < -0.3 is 4.90 Å². The smallest absolute Gasteiger partial charge is 0.312 e. The van der Waals surface area contributed by atoms with Crippen molar-refractivity contribution in [2.24, 2.45) is 0 Å². The Morgan fingerprint density at radius 3 is 2.55 bits per heavy atom. The molecule has 1 amide bonds. The number of amides is 1. The van der Waals surface area contributed by atoms with Gasteiger partial charge in [0.05, 0.1) is 0 Å². The lowest BCUT2D eigenvalue weighted by Crippen LogP contribution is -2.32. The Bertz CT molecular complexity index is 119. The van der Waals surface area contributed by atoms with Crippen molar-refractivity contribution in [1.82, 2.24) is 4.90 Å². The third-order valence-electron chi connectivity index (χ3n) is 2.35. The van der Waals surface area contributed by atoms with Crippen molar-refractivity contribution in [2.75, 3.05) is 6.54 Å². The summed E-state index contributed by atoms with van der Waals surface area (Å²) in [7, 11) is 0. The monoisotopic (exact) mass is 154 g/mol. The zero-order chi connectivity index (χ0) is 8.10. The molecule has 0 bridgehead atoms. The van der Waals surface area contributed by atoms with Crippen molar-refractivity contribution in [2.45, 2.75) is 45.1 Å². The maximum Gasteiger partial charge on any atom is 0.312 e. The van der Waals surface area contributed by atoms with Crippen molar-refractivity contribution in [3.05, 3.63) is 0 Å². The second-order valence-electron chi connectivity index (χ2n) is 3.22. The number of hydrogen-bond acceptors (Lipinski definition) is 1. The topological polar surface area (TPSA) is 20.3 Å². The molecule has 0 heterocycles. The van der Waals surface area contributed by atoms with Crippen molar-refractivity contribution in [3.63, 3.8) is 0 Å². The molecule has 2 nitrogen and oxygen atoms in total. The van der Waals surface area contributed by atoms with Gasteiger partial charge in [-0.1, -0.05) is 19.8 Å². The average Bonchev–Trinajstić information content (AvgIpc) is 2.52. The third kappa shape index (κ3) is 2.21. The lowest BCUT2D eigenvalue weighted by atomic mass is 10.2. The van der Waals surface area contributed by atoms with Crippen LogP contribution in [0.2, 0.25) is 0 Å². The van der Waals surface area contributed by atoms with Crippen LogP contribution in [0.4, 0.5) is 0 Å². The second-order valence-corrected chi connectivity index (χ2v) is 3.22. The minimum absolute atomic E-state index is 0.507. The van der Waals surface area contributed by atoms with Gasteiger partial charge in [-0.25, -0.2) is 0 Å². The van der Waals surface area contributed by atoms with Gasteiger partial charge in [-0.3, -0.25) is 4.79 Å². The fourth-order valence-corrected chi connectivity index (χ4v) is 1.76. The van der Waals surface area contributed by atoms with Gasteiger partial charge in [0.25, 0.3) is 0 Å². The van der Waals surface area contributed by atoms with E-state index in [9.17, 15) is 4.79 Å². The Kier molecular flexibility index (Phi) is 3.40. The first-order chi connectivity index (χ1) is 5.38. The molecule has 0 aromatic heterocycles. The van der Waals surface area contributed by atoms with Crippen LogP contribution >= 0.6 is 0 Å². The molecule has 1 radical (unpaired) electrons. The molecule has 0 unspecified atom stereocenters. The van der Waals surface area contributed by atoms with Crippen molar-refractivity contribution in [1.29, 1.82) is 0 Å². The molecule has 1 aliphatic carbocycles. The fraction of sp³-hybridized carbons (Fsp3) is 0.889. The number of nitrogens with zero attached hydrogens (tertiary/aromatic N) is 1. The number of carbonyl (C=O) groups excluding carboxylic acids is 1. The van der Waals surface area contributed by atoms with E-state index < -0.39 is 0 Å². The van der Waals surface area contributed by atoms with Crippen LogP contribution in [0.3, 0.4) is 0 Å². The SMILES string of the molecule is CCCN([C]=O)C1CCCC1. The maximum atomic E-state index is 10.5. The van der Waals surface area contributed by atoms with Gasteiger partial charge in [0.1, 0.15) is 0 Å². The Morgan fingerprint density at radius 1 is 1.45 bits per heavy atom. The van der Waals surface area contributed by atoms with Crippen LogP contribution in [-0.2, 0) is 4.79 Å². The van der Waals surface area contributed by atoms with E-state index in [1.54, 1.807) is 0 Å². The first-order valence-corrected chi connectivity index (χ1v) is 4.53. The Hall–Kier alpha value is -0.530. The van der Waals surface area contributed by atoms with Gasteiger partial charge in [-0.15, -0.1) is 0 Å². The van der Waals surface area contributed by atoms with Crippen molar-refractivity contribution >= 4 is 6.41 Å². The lowest BCUT2D eigenvalue weighted by molar-refractivity contribution is 0.296. The molecule has 0 spiro atoms. The summed E-state index contributed by atoms with van der Waals surface area (Å²) in [5.41, 5.74) is 0. The van der Waals surface area contributed by atoms with Crippen LogP contribution in [0.25, 0.3) is 0 Å². The average molecular weight is 154 g/mol. The van der Waals surface area contributed by atoms with Crippen LogP contribution in [0.5, 0.6) is 0 Å². The van der Waals surface area contributed by atoms with E-state index in [1.807, 2.05) is 11.3 Å². The van der Waals surface area contributed by atoms with Gasteiger partial charge in [0, 0.05) is 12.6 Å². The van der Waals surface area contributed by atoms with E-state index in [1.165, 1.54) is 25.7 Å². The van der Waals surface area contributed by atoms with Crippen molar-refractivity contribution < 1.29 is 4.79 Å². The van der Waals surface area contributed by atoms with E-state index in [2.05, 4.69) is 6.92 Å². The van der Waals surface area contributed by atoms with E-state index in [4.69, 9.17) is 0 Å². The van der Waals surface area contributed by atoms with Crippen LogP contribution in [0.1, 0.15) is 39.0 Å². The van der Waals surface area contributed by atoms with Crippen LogP contribution in [0.15, 0.2) is 0 Å². The van der Waals surface area contributed by atoms with E-state index >= 15 is 0 Å². The normalized spacial score (nSPS) is 18.6. The molecule has 2 heteroatoms. The molecule has 0 saturated heterocycles. The Morgan fingerprint density at radius 2 is 2.09 bits per heavy atom. The van der Waals surface area contributed by atoms with Crippen molar-refractivity contribution in [3.8, 4) is 0 Å².